The minimum absolute atomic E-state index is 0.322. The maximum absolute atomic E-state index is 8.98. The van der Waals surface area contributed by atoms with Crippen molar-refractivity contribution in [2.24, 2.45) is 0 Å². The monoisotopic (exact) mass is 293 g/mol. The normalized spacial score (nSPS) is 10.5. The fraction of sp³-hybridized carbons (Fsp3) is 0.286. The molecule has 0 aliphatic rings. The number of nitrogens with zero attached hydrogens (tertiary/aromatic N) is 3. The van der Waals surface area contributed by atoms with Crippen LogP contribution in [0.3, 0.4) is 0 Å². The summed E-state index contributed by atoms with van der Waals surface area (Å²) in [6.45, 7) is 1.89. The molecule has 19 heavy (non-hydrogen) atoms. The van der Waals surface area contributed by atoms with Crippen LogP contribution in [0.4, 0.5) is 5.69 Å². The first-order valence-electron chi connectivity index (χ1n) is 5.78. The van der Waals surface area contributed by atoms with Crippen LogP contribution < -0.4 is 4.90 Å². The summed E-state index contributed by atoms with van der Waals surface area (Å²) >= 11 is 12.3. The number of anilines is 1. The third kappa shape index (κ3) is 2.34. The number of aryl methyl sites for hydroxylation is 1. The highest BCUT2D eigenvalue weighted by molar-refractivity contribution is 6.45. The topological polar surface area (TPSA) is 39.9 Å². The number of hydrogen-bond acceptors (Lipinski definition) is 3. The highest BCUT2D eigenvalue weighted by atomic mass is 35.5. The molecule has 0 saturated heterocycles. The Kier molecular flexibility index (Phi) is 3.84. The Morgan fingerprint density at radius 3 is 2.58 bits per heavy atom. The molecule has 0 spiro atoms. The van der Waals surface area contributed by atoms with Crippen molar-refractivity contribution < 1.29 is 0 Å². The molecule has 0 fully saturated rings. The van der Waals surface area contributed by atoms with Crippen molar-refractivity contribution in [2.75, 3.05) is 19.0 Å². The lowest BCUT2D eigenvalue weighted by atomic mass is 10.0. The van der Waals surface area contributed by atoms with E-state index in [1.165, 1.54) is 0 Å². The van der Waals surface area contributed by atoms with Crippen LogP contribution in [0.1, 0.15) is 11.3 Å². The molecule has 0 aliphatic carbocycles. The molecule has 0 saturated carbocycles. The van der Waals surface area contributed by atoms with Gasteiger partial charge in [0.05, 0.1) is 33.7 Å². The summed E-state index contributed by atoms with van der Waals surface area (Å²) < 4.78 is 0. The van der Waals surface area contributed by atoms with Gasteiger partial charge in [-0.25, -0.2) is 0 Å². The van der Waals surface area contributed by atoms with Gasteiger partial charge >= 0.3 is 0 Å². The van der Waals surface area contributed by atoms with Crippen LogP contribution in [-0.4, -0.2) is 19.1 Å². The summed E-state index contributed by atoms with van der Waals surface area (Å²) in [6, 6.07) is 5.84. The molecule has 98 valence electrons. The van der Waals surface area contributed by atoms with Gasteiger partial charge in [-0.05, 0) is 19.1 Å². The zero-order valence-electron chi connectivity index (χ0n) is 11.0. The number of hydrogen-bond donors (Lipinski definition) is 0. The molecule has 0 bridgehead atoms. The Morgan fingerprint density at radius 1 is 1.32 bits per heavy atom. The average Bonchev–Trinajstić information content (AvgIpc) is 2.35. The van der Waals surface area contributed by atoms with Crippen LogP contribution >= 0.6 is 23.2 Å². The second-order valence-electron chi connectivity index (χ2n) is 4.51. The summed E-state index contributed by atoms with van der Waals surface area (Å²) in [7, 11) is 3.88. The Bertz CT molecular complexity index is 687. The van der Waals surface area contributed by atoms with E-state index < -0.39 is 0 Å². The fourth-order valence-electron chi connectivity index (χ4n) is 2.21. The van der Waals surface area contributed by atoms with E-state index in [-0.39, 0.29) is 0 Å². The highest BCUT2D eigenvalue weighted by Gasteiger charge is 2.16. The second kappa shape index (κ2) is 5.24. The number of aromatic nitrogens is 1. The third-order valence-corrected chi connectivity index (χ3v) is 3.82. The molecule has 2 rings (SSSR count). The number of halogens is 2. The summed E-state index contributed by atoms with van der Waals surface area (Å²) in [6.07, 6.45) is 0.322. The number of rotatable bonds is 2. The first kappa shape index (κ1) is 13.9. The van der Waals surface area contributed by atoms with Gasteiger partial charge in [0.1, 0.15) is 0 Å². The first-order valence-corrected chi connectivity index (χ1v) is 6.54. The fourth-order valence-corrected chi connectivity index (χ4v) is 2.57. The van der Waals surface area contributed by atoms with Crippen LogP contribution in [0.2, 0.25) is 10.0 Å². The Labute approximate surface area is 122 Å². The van der Waals surface area contributed by atoms with Crippen LogP contribution in [0.15, 0.2) is 12.1 Å². The van der Waals surface area contributed by atoms with E-state index in [1.54, 1.807) is 6.07 Å². The maximum atomic E-state index is 8.98. The van der Waals surface area contributed by atoms with Gasteiger partial charge in [0.25, 0.3) is 0 Å². The lowest BCUT2D eigenvalue weighted by Crippen LogP contribution is -2.13. The van der Waals surface area contributed by atoms with Crippen LogP contribution in [-0.2, 0) is 6.42 Å². The smallest absolute Gasteiger partial charge is 0.0927 e. The Balaban J connectivity index is 2.93. The van der Waals surface area contributed by atoms with E-state index in [1.807, 2.05) is 32.0 Å². The van der Waals surface area contributed by atoms with Crippen molar-refractivity contribution in [3.63, 3.8) is 0 Å². The molecule has 0 amide bonds. The van der Waals surface area contributed by atoms with E-state index in [0.29, 0.717) is 22.0 Å². The minimum atomic E-state index is 0.322. The van der Waals surface area contributed by atoms with Gasteiger partial charge in [0.2, 0.25) is 0 Å². The van der Waals surface area contributed by atoms with E-state index >= 15 is 0 Å². The zero-order chi connectivity index (χ0) is 14.2. The van der Waals surface area contributed by atoms with Crippen molar-refractivity contribution >= 4 is 39.8 Å². The predicted molar refractivity (Wildman–Crippen MR) is 80.1 cm³/mol. The van der Waals surface area contributed by atoms with Crippen LogP contribution in [0.5, 0.6) is 0 Å². The van der Waals surface area contributed by atoms with Crippen molar-refractivity contribution in [1.82, 2.24) is 4.98 Å². The molecule has 1 aromatic carbocycles. The molecule has 5 heteroatoms. The predicted octanol–water partition coefficient (Wildman–Crippen LogP) is 3.98. The molecule has 2 aromatic rings. The molecule has 1 aromatic heterocycles. The van der Waals surface area contributed by atoms with Gasteiger partial charge in [0, 0.05) is 30.7 Å². The van der Waals surface area contributed by atoms with Crippen molar-refractivity contribution in [1.29, 1.82) is 5.26 Å². The summed E-state index contributed by atoms with van der Waals surface area (Å²) in [4.78, 5) is 6.48. The van der Waals surface area contributed by atoms with Crippen molar-refractivity contribution in [3.05, 3.63) is 33.4 Å². The molecular formula is C14H13Cl2N3. The SMILES string of the molecule is Cc1nc2c(Cl)c(Cl)ccc2c(N(C)C)c1CC#N. The highest BCUT2D eigenvalue weighted by Crippen LogP contribution is 2.37. The minimum Gasteiger partial charge on any atom is -0.377 e. The standard InChI is InChI=1S/C14H13Cl2N3/c1-8-9(6-7-17)14(19(2)3)10-4-5-11(15)12(16)13(10)18-8/h4-5H,6H2,1-3H3. The molecular weight excluding hydrogens is 281 g/mol. The Hall–Kier alpha value is -1.50. The number of fused-ring (bicyclic) bond motifs is 1. The van der Waals surface area contributed by atoms with E-state index in [4.69, 9.17) is 28.5 Å². The number of nitriles is 1. The van der Waals surface area contributed by atoms with Crippen LogP contribution in [0, 0.1) is 18.3 Å². The van der Waals surface area contributed by atoms with Crippen molar-refractivity contribution in [2.45, 2.75) is 13.3 Å². The molecule has 0 N–H and O–H groups in total. The van der Waals surface area contributed by atoms with E-state index in [0.717, 1.165) is 22.3 Å². The lowest BCUT2D eigenvalue weighted by molar-refractivity contribution is 1.06. The summed E-state index contributed by atoms with van der Waals surface area (Å²) in [5.41, 5.74) is 3.39. The van der Waals surface area contributed by atoms with Gasteiger partial charge in [-0.15, -0.1) is 0 Å². The van der Waals surface area contributed by atoms with Gasteiger partial charge in [-0.2, -0.15) is 5.26 Å². The Morgan fingerprint density at radius 2 is 2.00 bits per heavy atom. The number of benzene rings is 1. The zero-order valence-corrected chi connectivity index (χ0v) is 12.5. The van der Waals surface area contributed by atoms with Gasteiger partial charge < -0.3 is 4.90 Å². The average molecular weight is 294 g/mol. The molecule has 0 radical (unpaired) electrons. The molecule has 0 atom stereocenters. The van der Waals surface area contributed by atoms with Gasteiger partial charge in [-0.1, -0.05) is 23.2 Å². The molecule has 0 aliphatic heterocycles. The van der Waals surface area contributed by atoms with E-state index in [9.17, 15) is 0 Å². The summed E-state index contributed by atoms with van der Waals surface area (Å²) in [5.74, 6) is 0. The second-order valence-corrected chi connectivity index (χ2v) is 5.30. The number of pyridine rings is 1. The van der Waals surface area contributed by atoms with Gasteiger partial charge in [0.15, 0.2) is 0 Å². The molecule has 3 nitrogen and oxygen atoms in total. The molecule has 1 heterocycles. The molecule has 0 unspecified atom stereocenters. The van der Waals surface area contributed by atoms with E-state index in [2.05, 4.69) is 11.1 Å². The quantitative estimate of drug-likeness (QED) is 0.841. The largest absolute Gasteiger partial charge is 0.377 e. The lowest BCUT2D eigenvalue weighted by Gasteiger charge is -2.21. The van der Waals surface area contributed by atoms with Crippen molar-refractivity contribution in [3.8, 4) is 6.07 Å². The van der Waals surface area contributed by atoms with Crippen LogP contribution in [0.25, 0.3) is 10.9 Å². The van der Waals surface area contributed by atoms with Gasteiger partial charge in [-0.3, -0.25) is 4.98 Å². The third-order valence-electron chi connectivity index (χ3n) is 3.03. The first-order chi connectivity index (χ1) is 8.97. The summed E-state index contributed by atoms with van der Waals surface area (Å²) in [5, 5.41) is 10.8. The maximum Gasteiger partial charge on any atom is 0.0927 e.